The van der Waals surface area contributed by atoms with E-state index >= 15 is 0 Å². The van der Waals surface area contributed by atoms with Crippen molar-refractivity contribution in [3.8, 4) is 0 Å². The van der Waals surface area contributed by atoms with Gasteiger partial charge in [0.05, 0.1) is 6.54 Å². The first-order valence-corrected chi connectivity index (χ1v) is 14.5. The highest BCUT2D eigenvalue weighted by molar-refractivity contribution is 7.09. The number of urea groups is 1. The van der Waals surface area contributed by atoms with Gasteiger partial charge in [-0.25, -0.2) is 9.78 Å². The van der Waals surface area contributed by atoms with Crippen LogP contribution in [0.3, 0.4) is 0 Å². The average Bonchev–Trinajstić information content (AvgIpc) is 3.41. The van der Waals surface area contributed by atoms with Crippen LogP contribution in [0.2, 0.25) is 0 Å². The van der Waals surface area contributed by atoms with E-state index < -0.39 is 0 Å². The van der Waals surface area contributed by atoms with Crippen LogP contribution < -0.4 is 5.32 Å². The van der Waals surface area contributed by atoms with Crippen LogP contribution in [0.15, 0.2) is 66.1 Å². The maximum Gasteiger partial charge on any atom is 0.322 e. The molecule has 0 saturated carbocycles. The van der Waals surface area contributed by atoms with Gasteiger partial charge in [-0.15, -0.1) is 11.3 Å². The summed E-state index contributed by atoms with van der Waals surface area (Å²) in [7, 11) is 0. The number of hydrogen-bond acceptors (Lipinski definition) is 5. The highest BCUT2D eigenvalue weighted by atomic mass is 32.1. The normalized spacial score (nSPS) is 14.4. The Labute approximate surface area is 236 Å². The summed E-state index contributed by atoms with van der Waals surface area (Å²) in [6.07, 6.45) is 4.31. The van der Waals surface area contributed by atoms with E-state index in [-0.39, 0.29) is 18.0 Å². The van der Waals surface area contributed by atoms with Gasteiger partial charge in [0.2, 0.25) is 0 Å². The number of benzene rings is 2. The highest BCUT2D eigenvalue weighted by Crippen LogP contribution is 2.20. The summed E-state index contributed by atoms with van der Waals surface area (Å²) >= 11 is 1.43. The molecule has 206 valence electrons. The number of thiazole rings is 1. The number of carbonyl (C=O) groups excluding carboxylic acids is 2. The molecule has 1 aliphatic heterocycles. The van der Waals surface area contributed by atoms with Crippen molar-refractivity contribution in [2.45, 2.75) is 46.2 Å². The van der Waals surface area contributed by atoms with Crippen LogP contribution >= 0.6 is 11.3 Å². The third-order valence-electron chi connectivity index (χ3n) is 6.92. The quantitative estimate of drug-likeness (QED) is 0.349. The lowest BCUT2D eigenvalue weighted by atomic mass is 10.0. The number of piperazine rings is 1. The van der Waals surface area contributed by atoms with Gasteiger partial charge < -0.3 is 15.1 Å². The Morgan fingerprint density at radius 1 is 1.00 bits per heavy atom. The Morgan fingerprint density at radius 3 is 2.33 bits per heavy atom. The molecule has 0 unspecified atom stereocenters. The van der Waals surface area contributed by atoms with Crippen molar-refractivity contribution in [3.05, 3.63) is 87.9 Å². The molecule has 4 rings (SSSR count). The standard InChI is InChI=1S/C31H39N5O2S/c1-23(2)26-12-14-27(15-13-26)32-31(38)36(24(3)4)21-29-33-28(22-39-29)30(37)35-19-17-34(18-20-35)16-8-11-25-9-6-5-7-10-25/h5-15,22-24H,16-21H2,1-4H3,(H,32,38)/b11-8+. The van der Waals surface area contributed by atoms with Crippen molar-refractivity contribution in [2.24, 2.45) is 0 Å². The summed E-state index contributed by atoms with van der Waals surface area (Å²) in [5.74, 6) is 0.400. The summed E-state index contributed by atoms with van der Waals surface area (Å²) in [6, 6.07) is 18.0. The molecule has 0 spiro atoms. The molecule has 1 aliphatic rings. The maximum absolute atomic E-state index is 13.1. The Hall–Kier alpha value is -3.49. The van der Waals surface area contributed by atoms with Crippen LogP contribution in [0.25, 0.3) is 6.08 Å². The van der Waals surface area contributed by atoms with Gasteiger partial charge in [-0.2, -0.15) is 0 Å². The number of rotatable bonds is 9. The van der Waals surface area contributed by atoms with Gasteiger partial charge >= 0.3 is 6.03 Å². The smallest absolute Gasteiger partial charge is 0.322 e. The maximum atomic E-state index is 13.1. The zero-order valence-electron chi connectivity index (χ0n) is 23.3. The monoisotopic (exact) mass is 545 g/mol. The van der Waals surface area contributed by atoms with E-state index in [0.29, 0.717) is 31.2 Å². The molecular formula is C31H39N5O2S. The van der Waals surface area contributed by atoms with Gasteiger partial charge in [0.15, 0.2) is 0 Å². The lowest BCUT2D eigenvalue weighted by Crippen LogP contribution is -2.48. The van der Waals surface area contributed by atoms with E-state index in [0.717, 1.165) is 30.3 Å². The fraction of sp³-hybridized carbons (Fsp3) is 0.387. The minimum atomic E-state index is -0.178. The van der Waals surface area contributed by atoms with Gasteiger partial charge in [0.25, 0.3) is 5.91 Å². The summed E-state index contributed by atoms with van der Waals surface area (Å²) < 4.78 is 0. The molecule has 1 N–H and O–H groups in total. The van der Waals surface area contributed by atoms with Crippen LogP contribution in [0.4, 0.5) is 10.5 Å². The molecule has 1 fully saturated rings. The predicted octanol–water partition coefficient (Wildman–Crippen LogP) is 6.18. The van der Waals surface area contributed by atoms with Crippen LogP contribution in [0, 0.1) is 0 Å². The van der Waals surface area contributed by atoms with E-state index in [9.17, 15) is 9.59 Å². The Morgan fingerprint density at radius 2 is 1.69 bits per heavy atom. The number of aromatic nitrogens is 1. The largest absolute Gasteiger partial charge is 0.335 e. The molecule has 0 aliphatic carbocycles. The number of carbonyl (C=O) groups is 2. The van der Waals surface area contributed by atoms with Gasteiger partial charge in [-0.1, -0.05) is 68.5 Å². The van der Waals surface area contributed by atoms with E-state index in [4.69, 9.17) is 0 Å². The molecule has 1 saturated heterocycles. The Bertz CT molecular complexity index is 1250. The second-order valence-electron chi connectivity index (χ2n) is 10.5. The summed E-state index contributed by atoms with van der Waals surface area (Å²) in [5, 5.41) is 5.56. The fourth-order valence-electron chi connectivity index (χ4n) is 4.46. The van der Waals surface area contributed by atoms with Crippen LogP contribution in [-0.2, 0) is 6.54 Å². The van der Waals surface area contributed by atoms with Crippen molar-refractivity contribution in [1.82, 2.24) is 19.7 Å². The van der Waals surface area contributed by atoms with Crippen molar-refractivity contribution < 1.29 is 9.59 Å². The van der Waals surface area contributed by atoms with Crippen molar-refractivity contribution >= 4 is 35.0 Å². The fourth-order valence-corrected chi connectivity index (χ4v) is 5.23. The summed E-state index contributed by atoms with van der Waals surface area (Å²) in [4.78, 5) is 36.8. The molecule has 0 atom stereocenters. The predicted molar refractivity (Wildman–Crippen MR) is 160 cm³/mol. The molecule has 3 amide bonds. The van der Waals surface area contributed by atoms with Gasteiger partial charge in [-0.05, 0) is 43.0 Å². The third-order valence-corrected chi connectivity index (χ3v) is 7.76. The van der Waals surface area contributed by atoms with E-state index in [2.05, 4.69) is 53.3 Å². The second kappa shape index (κ2) is 13.5. The van der Waals surface area contributed by atoms with Crippen molar-refractivity contribution in [3.63, 3.8) is 0 Å². The molecule has 1 aromatic heterocycles. The zero-order valence-corrected chi connectivity index (χ0v) is 24.2. The molecule has 7 nitrogen and oxygen atoms in total. The SMILES string of the molecule is CC(C)c1ccc(NC(=O)N(Cc2nc(C(=O)N3CCN(C/C=C/c4ccccc4)CC3)cs2)C(C)C)cc1. The lowest BCUT2D eigenvalue weighted by molar-refractivity contribution is 0.0645. The average molecular weight is 546 g/mol. The number of hydrogen-bond donors (Lipinski definition) is 1. The van der Waals surface area contributed by atoms with E-state index in [1.807, 2.05) is 66.6 Å². The van der Waals surface area contributed by atoms with Crippen LogP contribution in [-0.4, -0.2) is 70.4 Å². The molecule has 3 aromatic rings. The highest BCUT2D eigenvalue weighted by Gasteiger charge is 2.25. The number of amides is 3. The van der Waals surface area contributed by atoms with Crippen molar-refractivity contribution in [1.29, 1.82) is 0 Å². The number of nitrogens with zero attached hydrogens (tertiary/aromatic N) is 4. The minimum absolute atomic E-state index is 0.0213. The van der Waals surface area contributed by atoms with Crippen LogP contribution in [0.1, 0.15) is 60.2 Å². The molecule has 8 heteroatoms. The zero-order chi connectivity index (χ0) is 27.8. The van der Waals surface area contributed by atoms with Crippen molar-refractivity contribution in [2.75, 3.05) is 38.0 Å². The second-order valence-corrected chi connectivity index (χ2v) is 11.4. The molecule has 2 aromatic carbocycles. The molecular weight excluding hydrogens is 506 g/mol. The topological polar surface area (TPSA) is 68.8 Å². The third kappa shape index (κ3) is 8.00. The Kier molecular flexibility index (Phi) is 9.90. The van der Waals surface area contributed by atoms with E-state index in [1.165, 1.54) is 22.5 Å². The molecule has 0 radical (unpaired) electrons. The first kappa shape index (κ1) is 28.5. The van der Waals surface area contributed by atoms with Gasteiger partial charge in [0.1, 0.15) is 10.7 Å². The lowest BCUT2D eigenvalue weighted by Gasteiger charge is -2.33. The first-order chi connectivity index (χ1) is 18.8. The van der Waals surface area contributed by atoms with Gasteiger partial charge in [-0.3, -0.25) is 9.69 Å². The molecule has 0 bridgehead atoms. The number of anilines is 1. The Balaban J connectivity index is 1.28. The summed E-state index contributed by atoms with van der Waals surface area (Å²) in [5.41, 5.74) is 3.65. The van der Waals surface area contributed by atoms with Crippen LogP contribution in [0.5, 0.6) is 0 Å². The molecule has 39 heavy (non-hydrogen) atoms. The van der Waals surface area contributed by atoms with E-state index in [1.54, 1.807) is 4.90 Å². The van der Waals surface area contributed by atoms with Gasteiger partial charge in [0, 0.05) is 49.8 Å². The number of nitrogens with one attached hydrogen (secondary N) is 1. The minimum Gasteiger partial charge on any atom is -0.335 e. The first-order valence-electron chi connectivity index (χ1n) is 13.7. The molecule has 2 heterocycles. The summed E-state index contributed by atoms with van der Waals surface area (Å²) in [6.45, 7) is 12.5.